The molecule has 0 atom stereocenters. The minimum atomic E-state index is 0.264. The Morgan fingerprint density at radius 2 is 2.16 bits per heavy atom. The molecule has 0 saturated heterocycles. The van der Waals surface area contributed by atoms with Gasteiger partial charge in [0.1, 0.15) is 17.3 Å². The predicted molar refractivity (Wildman–Crippen MR) is 73.5 cm³/mol. The molecule has 5 heteroatoms. The van der Waals surface area contributed by atoms with Crippen molar-refractivity contribution in [1.82, 2.24) is 9.78 Å². The Hall–Kier alpha value is -1.83. The fourth-order valence-electron chi connectivity index (χ4n) is 1.99. The van der Waals surface area contributed by atoms with E-state index in [1.807, 2.05) is 26.0 Å². The smallest absolute Gasteiger partial charge is 0.151 e. The van der Waals surface area contributed by atoms with Crippen LogP contribution in [0.5, 0.6) is 0 Å². The van der Waals surface area contributed by atoms with E-state index in [9.17, 15) is 0 Å². The molecular formula is C14H14ClN3O. The average molecular weight is 276 g/mol. The zero-order chi connectivity index (χ0) is 14.0. The minimum Gasteiger partial charge on any atom is -0.378 e. The van der Waals surface area contributed by atoms with Gasteiger partial charge in [0, 0.05) is 7.11 Å². The van der Waals surface area contributed by atoms with Crippen LogP contribution in [-0.4, -0.2) is 16.9 Å². The van der Waals surface area contributed by atoms with Crippen LogP contribution in [-0.2, 0) is 11.3 Å². The van der Waals surface area contributed by atoms with Gasteiger partial charge in [-0.3, -0.25) is 0 Å². The molecule has 0 amide bonds. The first kappa shape index (κ1) is 13.6. The third-order valence-corrected chi connectivity index (χ3v) is 3.22. The number of hydrogen-bond acceptors (Lipinski definition) is 3. The topological polar surface area (TPSA) is 50.8 Å². The molecule has 2 aromatic rings. The van der Waals surface area contributed by atoms with E-state index in [1.165, 1.54) is 5.56 Å². The second kappa shape index (κ2) is 5.43. The van der Waals surface area contributed by atoms with Crippen molar-refractivity contribution in [3.63, 3.8) is 0 Å². The Bertz CT molecular complexity index is 655. The van der Waals surface area contributed by atoms with Crippen molar-refractivity contribution in [2.75, 3.05) is 7.11 Å². The number of nitrogens with zero attached hydrogens (tertiary/aromatic N) is 3. The van der Waals surface area contributed by atoms with Crippen molar-refractivity contribution >= 4 is 11.6 Å². The van der Waals surface area contributed by atoms with Crippen molar-refractivity contribution in [3.8, 4) is 11.8 Å². The number of rotatable bonds is 3. The van der Waals surface area contributed by atoms with Crippen LogP contribution in [0, 0.1) is 25.2 Å². The molecule has 98 valence electrons. The lowest BCUT2D eigenvalue weighted by molar-refractivity contribution is 0.181. The van der Waals surface area contributed by atoms with Gasteiger partial charge in [-0.2, -0.15) is 10.4 Å². The third-order valence-electron chi connectivity index (χ3n) is 2.87. The highest BCUT2D eigenvalue weighted by Gasteiger charge is 2.18. The summed E-state index contributed by atoms with van der Waals surface area (Å²) in [6.45, 7) is 4.28. The summed E-state index contributed by atoms with van der Waals surface area (Å²) in [6.07, 6.45) is 0. The van der Waals surface area contributed by atoms with Crippen LogP contribution in [0.2, 0.25) is 5.15 Å². The summed E-state index contributed by atoms with van der Waals surface area (Å²) in [7, 11) is 1.56. The summed E-state index contributed by atoms with van der Waals surface area (Å²) in [5.74, 6) is 0. The lowest BCUT2D eigenvalue weighted by atomic mass is 10.1. The van der Waals surface area contributed by atoms with Crippen LogP contribution in [0.1, 0.15) is 22.4 Å². The molecule has 0 aliphatic carbocycles. The van der Waals surface area contributed by atoms with Gasteiger partial charge < -0.3 is 4.74 Å². The van der Waals surface area contributed by atoms with E-state index in [1.54, 1.807) is 11.8 Å². The summed E-state index contributed by atoms with van der Waals surface area (Å²) < 4.78 is 6.62. The molecule has 1 heterocycles. The van der Waals surface area contributed by atoms with E-state index < -0.39 is 0 Å². The SMILES string of the molecule is COCc1nn(-c2ccc(C)cc2C)c(Cl)c1C#N. The number of ether oxygens (including phenoxy) is 1. The Balaban J connectivity index is 2.60. The van der Waals surface area contributed by atoms with E-state index in [-0.39, 0.29) is 6.61 Å². The maximum Gasteiger partial charge on any atom is 0.151 e. The molecule has 19 heavy (non-hydrogen) atoms. The van der Waals surface area contributed by atoms with Gasteiger partial charge in [-0.1, -0.05) is 29.3 Å². The third kappa shape index (κ3) is 2.48. The molecule has 0 aliphatic heterocycles. The van der Waals surface area contributed by atoms with Crippen molar-refractivity contribution in [3.05, 3.63) is 45.7 Å². The first-order chi connectivity index (χ1) is 9.08. The Labute approximate surface area is 117 Å². The van der Waals surface area contributed by atoms with E-state index in [0.717, 1.165) is 11.3 Å². The number of aryl methyl sites for hydroxylation is 2. The summed E-state index contributed by atoms with van der Waals surface area (Å²) in [5.41, 5.74) is 4.01. The van der Waals surface area contributed by atoms with Crippen molar-refractivity contribution in [2.45, 2.75) is 20.5 Å². The van der Waals surface area contributed by atoms with Crippen molar-refractivity contribution in [2.24, 2.45) is 0 Å². The van der Waals surface area contributed by atoms with Crippen LogP contribution in [0.25, 0.3) is 5.69 Å². The summed E-state index contributed by atoms with van der Waals surface area (Å²) in [6, 6.07) is 8.06. The highest BCUT2D eigenvalue weighted by Crippen LogP contribution is 2.25. The second-order valence-corrected chi connectivity index (χ2v) is 4.72. The number of aromatic nitrogens is 2. The second-order valence-electron chi connectivity index (χ2n) is 4.36. The predicted octanol–water partition coefficient (Wildman–Crippen LogP) is 3.16. The lowest BCUT2D eigenvalue weighted by Gasteiger charge is -2.07. The number of nitriles is 1. The molecule has 0 spiro atoms. The van der Waals surface area contributed by atoms with Gasteiger partial charge in [0.2, 0.25) is 0 Å². The number of benzene rings is 1. The number of methoxy groups -OCH3 is 1. The van der Waals surface area contributed by atoms with Gasteiger partial charge in [0.15, 0.2) is 5.15 Å². The normalized spacial score (nSPS) is 10.5. The molecule has 0 aliphatic rings. The summed E-state index contributed by atoms with van der Waals surface area (Å²) in [4.78, 5) is 0. The molecule has 0 radical (unpaired) electrons. The number of halogens is 1. The van der Waals surface area contributed by atoms with Gasteiger partial charge in [0.25, 0.3) is 0 Å². The first-order valence-electron chi connectivity index (χ1n) is 5.82. The molecule has 0 fully saturated rings. The molecule has 0 bridgehead atoms. The van der Waals surface area contributed by atoms with Gasteiger partial charge in [0.05, 0.1) is 12.3 Å². The maximum absolute atomic E-state index is 9.16. The van der Waals surface area contributed by atoms with Crippen molar-refractivity contribution < 1.29 is 4.74 Å². The van der Waals surface area contributed by atoms with E-state index in [4.69, 9.17) is 21.6 Å². The van der Waals surface area contributed by atoms with Crippen LogP contribution in [0.15, 0.2) is 18.2 Å². The fourth-order valence-corrected chi connectivity index (χ4v) is 2.27. The minimum absolute atomic E-state index is 0.264. The van der Waals surface area contributed by atoms with Crippen LogP contribution >= 0.6 is 11.6 Å². The summed E-state index contributed by atoms with van der Waals surface area (Å²) >= 11 is 6.23. The largest absolute Gasteiger partial charge is 0.378 e. The van der Waals surface area contributed by atoms with Gasteiger partial charge in [-0.05, 0) is 25.5 Å². The zero-order valence-electron chi connectivity index (χ0n) is 11.1. The summed E-state index contributed by atoms with van der Waals surface area (Å²) in [5, 5.41) is 13.8. The standard InChI is InChI=1S/C14H14ClN3O/c1-9-4-5-13(10(2)6-9)18-14(15)11(7-16)12(17-18)8-19-3/h4-6H,8H2,1-3H3. The molecule has 2 rings (SSSR count). The Morgan fingerprint density at radius 3 is 2.74 bits per heavy atom. The van der Waals surface area contributed by atoms with Gasteiger partial charge in [-0.25, -0.2) is 4.68 Å². The van der Waals surface area contributed by atoms with E-state index in [2.05, 4.69) is 17.2 Å². The Morgan fingerprint density at radius 1 is 1.42 bits per heavy atom. The molecule has 0 saturated carbocycles. The first-order valence-corrected chi connectivity index (χ1v) is 6.20. The van der Waals surface area contributed by atoms with Gasteiger partial charge >= 0.3 is 0 Å². The van der Waals surface area contributed by atoms with E-state index >= 15 is 0 Å². The van der Waals surface area contributed by atoms with Crippen LogP contribution in [0.4, 0.5) is 0 Å². The van der Waals surface area contributed by atoms with E-state index in [0.29, 0.717) is 16.4 Å². The van der Waals surface area contributed by atoms with Gasteiger partial charge in [-0.15, -0.1) is 0 Å². The monoisotopic (exact) mass is 275 g/mol. The molecule has 1 aromatic carbocycles. The van der Waals surface area contributed by atoms with Crippen LogP contribution in [0.3, 0.4) is 0 Å². The molecule has 4 nitrogen and oxygen atoms in total. The van der Waals surface area contributed by atoms with Crippen LogP contribution < -0.4 is 0 Å². The molecule has 0 unspecified atom stereocenters. The number of hydrogen-bond donors (Lipinski definition) is 0. The molecule has 0 N–H and O–H groups in total. The zero-order valence-corrected chi connectivity index (χ0v) is 11.8. The fraction of sp³-hybridized carbons (Fsp3) is 0.286. The highest BCUT2D eigenvalue weighted by atomic mass is 35.5. The maximum atomic E-state index is 9.16. The highest BCUT2D eigenvalue weighted by molar-refractivity contribution is 6.31. The van der Waals surface area contributed by atoms with Crippen molar-refractivity contribution in [1.29, 1.82) is 5.26 Å². The Kier molecular flexibility index (Phi) is 3.89. The molecular weight excluding hydrogens is 262 g/mol. The molecule has 1 aromatic heterocycles. The quantitative estimate of drug-likeness (QED) is 0.864. The lowest BCUT2D eigenvalue weighted by Crippen LogP contribution is -2.00. The average Bonchev–Trinajstić information content (AvgIpc) is 2.66.